The first-order valence-electron chi connectivity index (χ1n) is 9.65. The summed E-state index contributed by atoms with van der Waals surface area (Å²) >= 11 is 1.80. The van der Waals surface area contributed by atoms with E-state index in [9.17, 15) is 0 Å². The molecule has 3 unspecified atom stereocenters. The van der Waals surface area contributed by atoms with Crippen LogP contribution in [0, 0.1) is 0 Å². The van der Waals surface area contributed by atoms with Crippen LogP contribution in [0.3, 0.4) is 0 Å². The van der Waals surface area contributed by atoms with Gasteiger partial charge in [0.2, 0.25) is 0 Å². The lowest BCUT2D eigenvalue weighted by molar-refractivity contribution is -0.0817. The lowest BCUT2D eigenvalue weighted by atomic mass is 10.1. The maximum absolute atomic E-state index is 5.99. The highest BCUT2D eigenvalue weighted by Gasteiger charge is 2.32. The van der Waals surface area contributed by atoms with Crippen molar-refractivity contribution in [2.75, 3.05) is 53.5 Å². The summed E-state index contributed by atoms with van der Waals surface area (Å²) in [6, 6.07) is 4.61. The summed E-state index contributed by atoms with van der Waals surface area (Å²) in [7, 11) is 4.24. The fourth-order valence-electron chi connectivity index (χ4n) is 3.58. The monoisotopic (exact) mass is 380 g/mol. The van der Waals surface area contributed by atoms with Gasteiger partial charge in [0.25, 0.3) is 0 Å². The molecular weight excluding hydrogens is 348 g/mol. The predicted molar refractivity (Wildman–Crippen MR) is 107 cm³/mol. The van der Waals surface area contributed by atoms with Crippen LogP contribution in [-0.2, 0) is 9.47 Å². The highest BCUT2D eigenvalue weighted by Crippen LogP contribution is 2.24. The second kappa shape index (κ2) is 9.69. The minimum absolute atomic E-state index is 0.150. The number of morpholine rings is 1. The largest absolute Gasteiger partial charge is 0.375 e. The molecule has 0 bridgehead atoms. The van der Waals surface area contributed by atoms with Crippen molar-refractivity contribution in [1.82, 2.24) is 15.1 Å². The molecule has 0 aromatic carbocycles. The number of hydrogen-bond donors (Lipinski definition) is 1. The first kappa shape index (κ1) is 19.6. The summed E-state index contributed by atoms with van der Waals surface area (Å²) in [6.45, 7) is 7.06. The normalized spacial score (nSPS) is 25.7. The second-order valence-electron chi connectivity index (χ2n) is 7.10. The number of rotatable bonds is 6. The van der Waals surface area contributed by atoms with Gasteiger partial charge in [0, 0.05) is 31.1 Å². The van der Waals surface area contributed by atoms with Gasteiger partial charge in [-0.15, -0.1) is 11.3 Å². The number of ether oxygens (including phenoxy) is 2. The molecule has 1 N–H and O–H groups in total. The summed E-state index contributed by atoms with van der Waals surface area (Å²) in [5.41, 5.74) is 0. The Bertz CT molecular complexity index is 558. The average Bonchev–Trinajstić information content (AvgIpc) is 3.35. The zero-order chi connectivity index (χ0) is 18.4. The lowest BCUT2D eigenvalue weighted by Crippen LogP contribution is -2.53. The van der Waals surface area contributed by atoms with E-state index in [0.717, 1.165) is 58.2 Å². The summed E-state index contributed by atoms with van der Waals surface area (Å²) < 4.78 is 11.8. The SMILES string of the molecule is CCNC(=NCC(c1cccs1)N(C)C)N1CCOC(C2CCCO2)C1. The predicted octanol–water partition coefficient (Wildman–Crippen LogP) is 2.20. The van der Waals surface area contributed by atoms with Gasteiger partial charge in [-0.1, -0.05) is 6.07 Å². The molecule has 0 amide bonds. The van der Waals surface area contributed by atoms with Crippen LogP contribution in [0.15, 0.2) is 22.5 Å². The van der Waals surface area contributed by atoms with Gasteiger partial charge in [0.15, 0.2) is 5.96 Å². The van der Waals surface area contributed by atoms with E-state index in [-0.39, 0.29) is 12.2 Å². The molecule has 0 radical (unpaired) electrons. The van der Waals surface area contributed by atoms with E-state index in [4.69, 9.17) is 14.5 Å². The second-order valence-corrected chi connectivity index (χ2v) is 8.08. The first-order valence-corrected chi connectivity index (χ1v) is 10.5. The van der Waals surface area contributed by atoms with Crippen molar-refractivity contribution < 1.29 is 9.47 Å². The zero-order valence-electron chi connectivity index (χ0n) is 16.2. The van der Waals surface area contributed by atoms with Gasteiger partial charge in [0.05, 0.1) is 25.3 Å². The van der Waals surface area contributed by atoms with Gasteiger partial charge in [-0.25, -0.2) is 0 Å². The first-order chi connectivity index (χ1) is 12.7. The standard InChI is InChI=1S/C19H32N4O2S/c1-4-20-19(21-13-15(22(2)3)18-8-6-12-26-18)23-9-11-25-17(14-23)16-7-5-10-24-16/h6,8,12,15-17H,4-5,7,9-11,13-14H2,1-3H3,(H,20,21). The molecule has 146 valence electrons. The Hall–Kier alpha value is -1.15. The Labute approximate surface area is 161 Å². The Kier molecular flexibility index (Phi) is 7.31. The fraction of sp³-hybridized carbons (Fsp3) is 0.737. The highest BCUT2D eigenvalue weighted by molar-refractivity contribution is 7.10. The Morgan fingerprint density at radius 1 is 1.38 bits per heavy atom. The molecule has 0 saturated carbocycles. The van der Waals surface area contributed by atoms with Crippen LogP contribution in [0.25, 0.3) is 0 Å². The molecule has 3 atom stereocenters. The maximum atomic E-state index is 5.99. The Morgan fingerprint density at radius 3 is 2.88 bits per heavy atom. The van der Waals surface area contributed by atoms with Gasteiger partial charge in [0.1, 0.15) is 6.10 Å². The van der Waals surface area contributed by atoms with Gasteiger partial charge in [-0.2, -0.15) is 0 Å². The highest BCUT2D eigenvalue weighted by atomic mass is 32.1. The molecular formula is C19H32N4O2S. The summed E-state index contributed by atoms with van der Waals surface area (Å²) in [5.74, 6) is 0.988. The van der Waals surface area contributed by atoms with Crippen molar-refractivity contribution in [2.45, 2.75) is 38.0 Å². The van der Waals surface area contributed by atoms with Crippen molar-refractivity contribution in [2.24, 2.45) is 4.99 Å². The molecule has 0 aliphatic carbocycles. The number of likely N-dealkylation sites (N-methyl/N-ethyl adjacent to an activating group) is 1. The van der Waals surface area contributed by atoms with E-state index < -0.39 is 0 Å². The van der Waals surface area contributed by atoms with E-state index in [1.165, 1.54) is 4.88 Å². The Balaban J connectivity index is 1.67. The van der Waals surface area contributed by atoms with Crippen molar-refractivity contribution in [1.29, 1.82) is 0 Å². The van der Waals surface area contributed by atoms with Gasteiger partial charge in [-0.05, 0) is 45.3 Å². The molecule has 1 aromatic rings. The molecule has 3 heterocycles. The lowest BCUT2D eigenvalue weighted by Gasteiger charge is -2.37. The maximum Gasteiger partial charge on any atom is 0.194 e. The molecule has 26 heavy (non-hydrogen) atoms. The van der Waals surface area contributed by atoms with Crippen LogP contribution in [-0.4, -0.2) is 81.5 Å². The average molecular weight is 381 g/mol. The number of thiophene rings is 1. The van der Waals surface area contributed by atoms with Crippen LogP contribution < -0.4 is 5.32 Å². The molecule has 0 spiro atoms. The topological polar surface area (TPSA) is 49.3 Å². The van der Waals surface area contributed by atoms with Crippen LogP contribution in [0.1, 0.15) is 30.7 Å². The number of guanidine groups is 1. The van der Waals surface area contributed by atoms with Crippen LogP contribution in [0.5, 0.6) is 0 Å². The third-order valence-corrected chi connectivity index (χ3v) is 5.99. The quantitative estimate of drug-likeness (QED) is 0.606. The number of aliphatic imine (C=N–C) groups is 1. The summed E-state index contributed by atoms with van der Waals surface area (Å²) in [5, 5.41) is 5.60. The number of nitrogens with one attached hydrogen (secondary N) is 1. The van der Waals surface area contributed by atoms with Crippen LogP contribution >= 0.6 is 11.3 Å². The fourth-order valence-corrected chi connectivity index (χ4v) is 4.49. The summed E-state index contributed by atoms with van der Waals surface area (Å²) in [6.07, 6.45) is 2.63. The van der Waals surface area contributed by atoms with Crippen molar-refractivity contribution >= 4 is 17.3 Å². The van der Waals surface area contributed by atoms with Gasteiger partial charge < -0.3 is 24.6 Å². The smallest absolute Gasteiger partial charge is 0.194 e. The zero-order valence-corrected chi connectivity index (χ0v) is 17.0. The third-order valence-electron chi connectivity index (χ3n) is 5.02. The minimum Gasteiger partial charge on any atom is -0.375 e. The van der Waals surface area contributed by atoms with Crippen LogP contribution in [0.4, 0.5) is 0 Å². The molecule has 7 heteroatoms. The van der Waals surface area contributed by atoms with Gasteiger partial charge >= 0.3 is 0 Å². The molecule has 2 saturated heterocycles. The third kappa shape index (κ3) is 4.97. The van der Waals surface area contributed by atoms with E-state index in [1.54, 1.807) is 11.3 Å². The van der Waals surface area contributed by atoms with Crippen molar-refractivity contribution in [3.05, 3.63) is 22.4 Å². The van der Waals surface area contributed by atoms with Crippen LogP contribution in [0.2, 0.25) is 0 Å². The van der Waals surface area contributed by atoms with Crippen molar-refractivity contribution in [3.63, 3.8) is 0 Å². The number of hydrogen-bond acceptors (Lipinski definition) is 5. The van der Waals surface area contributed by atoms with E-state index in [1.807, 2.05) is 0 Å². The summed E-state index contributed by atoms with van der Waals surface area (Å²) in [4.78, 5) is 10.9. The van der Waals surface area contributed by atoms with E-state index >= 15 is 0 Å². The molecule has 2 fully saturated rings. The Morgan fingerprint density at radius 2 is 2.23 bits per heavy atom. The molecule has 6 nitrogen and oxygen atoms in total. The van der Waals surface area contributed by atoms with Gasteiger partial charge in [-0.3, -0.25) is 4.99 Å². The van der Waals surface area contributed by atoms with E-state index in [0.29, 0.717) is 6.04 Å². The number of nitrogens with zero attached hydrogens (tertiary/aromatic N) is 3. The van der Waals surface area contributed by atoms with E-state index in [2.05, 4.69) is 53.6 Å². The molecule has 1 aromatic heterocycles. The molecule has 3 rings (SSSR count). The van der Waals surface area contributed by atoms with Crippen molar-refractivity contribution in [3.8, 4) is 0 Å². The minimum atomic E-state index is 0.150. The molecule has 2 aliphatic heterocycles. The molecule has 2 aliphatic rings.